The van der Waals surface area contributed by atoms with Crippen LogP contribution in [0.4, 0.5) is 8.78 Å². The van der Waals surface area contributed by atoms with Gasteiger partial charge in [0.05, 0.1) is 40.7 Å². The molecule has 35 heavy (non-hydrogen) atoms. The average Bonchev–Trinajstić information content (AvgIpc) is 3.25. The van der Waals surface area contributed by atoms with Gasteiger partial charge in [0.2, 0.25) is 0 Å². The van der Waals surface area contributed by atoms with Crippen molar-refractivity contribution < 1.29 is 13.5 Å². The van der Waals surface area contributed by atoms with E-state index in [2.05, 4.69) is 29.9 Å². The second-order valence-electron chi connectivity index (χ2n) is 8.02. The number of methoxy groups -OCH3 is 1. The zero-order valence-electron chi connectivity index (χ0n) is 18.9. The summed E-state index contributed by atoms with van der Waals surface area (Å²) in [6.45, 7) is 2.70. The number of nitrogens with zero attached hydrogens (tertiary/aromatic N) is 4. The maximum absolute atomic E-state index is 13.8. The number of hydrogen-bond acceptors (Lipinski definition) is 6. The van der Waals surface area contributed by atoms with Gasteiger partial charge in [-0.05, 0) is 18.6 Å². The first-order chi connectivity index (χ1) is 16.7. The van der Waals surface area contributed by atoms with Crippen molar-refractivity contribution in [2.45, 2.75) is 26.2 Å². The highest BCUT2D eigenvalue weighted by Gasteiger charge is 2.28. The lowest BCUT2D eigenvalue weighted by molar-refractivity contribution is 0.0125. The number of ether oxygens (including phenoxy) is 1. The van der Waals surface area contributed by atoms with E-state index in [4.69, 9.17) is 16.3 Å². The van der Waals surface area contributed by atoms with Crippen LogP contribution in [0.3, 0.4) is 0 Å². The zero-order chi connectivity index (χ0) is 24.9. The molecule has 0 saturated heterocycles. The Kier molecular flexibility index (Phi) is 5.47. The third kappa shape index (κ3) is 3.99. The quantitative estimate of drug-likeness (QED) is 0.321. The molecule has 5 aromatic rings. The molecule has 5 rings (SSSR count). The van der Waals surface area contributed by atoms with Gasteiger partial charge in [-0.15, -0.1) is 0 Å². The van der Waals surface area contributed by atoms with Crippen LogP contribution in [0.5, 0.6) is 5.75 Å². The topological polar surface area (TPSA) is 109 Å². The van der Waals surface area contributed by atoms with Gasteiger partial charge in [-0.2, -0.15) is 8.78 Å². The van der Waals surface area contributed by atoms with Crippen LogP contribution >= 0.6 is 11.6 Å². The Morgan fingerprint density at radius 2 is 1.89 bits per heavy atom. The first-order valence-corrected chi connectivity index (χ1v) is 11.1. The maximum Gasteiger partial charge on any atom is 0.287 e. The standard InChI is InChI=1S/C24H19ClF2N6O2/c1-4-14-21-16(8-19(25)30-14)31-22(33-21)12-7-11-15(32-23(12)34)5-6-28-20(11)13-10-29-18(24(2,26)27)9-17(13)35-3/h5-10H,4H2,1-3H3,(H,31,33)(H,32,34). The summed E-state index contributed by atoms with van der Waals surface area (Å²) in [6, 6.07) is 6.13. The maximum atomic E-state index is 13.8. The van der Waals surface area contributed by atoms with Crippen molar-refractivity contribution in [2.24, 2.45) is 0 Å². The van der Waals surface area contributed by atoms with E-state index < -0.39 is 11.6 Å². The fourth-order valence-corrected chi connectivity index (χ4v) is 4.17. The molecule has 178 valence electrons. The summed E-state index contributed by atoms with van der Waals surface area (Å²) in [5.41, 5.74) is 2.78. The highest BCUT2D eigenvalue weighted by Crippen LogP contribution is 2.36. The Labute approximate surface area is 202 Å². The normalized spacial score (nSPS) is 11.9. The van der Waals surface area contributed by atoms with Gasteiger partial charge in [-0.25, -0.2) is 9.97 Å². The zero-order valence-corrected chi connectivity index (χ0v) is 19.7. The number of pyridine rings is 4. The van der Waals surface area contributed by atoms with Gasteiger partial charge in [0.25, 0.3) is 11.5 Å². The SMILES string of the molecule is CCc1nc(Cl)cc2[nH]c(-c3cc4c(-c5cnc(C(C)(F)F)cc5OC)nccc4[nH]c3=O)nc12. The molecule has 0 aliphatic rings. The van der Waals surface area contributed by atoms with Crippen LogP contribution in [0.2, 0.25) is 5.15 Å². The number of alkyl halides is 2. The summed E-state index contributed by atoms with van der Waals surface area (Å²) in [5, 5.41) is 0.884. The van der Waals surface area contributed by atoms with E-state index in [-0.39, 0.29) is 16.9 Å². The molecule has 8 nitrogen and oxygen atoms in total. The Balaban J connectivity index is 1.73. The highest BCUT2D eigenvalue weighted by molar-refractivity contribution is 6.30. The number of aromatic nitrogens is 6. The van der Waals surface area contributed by atoms with Crippen molar-refractivity contribution in [1.29, 1.82) is 0 Å². The molecular formula is C24H19ClF2N6O2. The molecular weight excluding hydrogens is 478 g/mol. The van der Waals surface area contributed by atoms with Crippen molar-refractivity contribution in [1.82, 2.24) is 29.9 Å². The molecule has 0 unspecified atom stereocenters. The van der Waals surface area contributed by atoms with Gasteiger partial charge in [0, 0.05) is 36.8 Å². The second kappa shape index (κ2) is 8.38. The van der Waals surface area contributed by atoms with Crippen molar-refractivity contribution in [3.05, 3.63) is 63.6 Å². The Morgan fingerprint density at radius 3 is 2.60 bits per heavy atom. The fraction of sp³-hybridized carbons (Fsp3) is 0.208. The van der Waals surface area contributed by atoms with E-state index in [0.29, 0.717) is 56.3 Å². The second-order valence-corrected chi connectivity index (χ2v) is 8.41. The molecule has 0 aromatic carbocycles. The lowest BCUT2D eigenvalue weighted by Gasteiger charge is -2.14. The van der Waals surface area contributed by atoms with Gasteiger partial charge in [0.15, 0.2) is 0 Å². The minimum absolute atomic E-state index is 0.182. The average molecular weight is 497 g/mol. The molecule has 0 spiro atoms. The number of fused-ring (bicyclic) bond motifs is 2. The first kappa shape index (κ1) is 22.9. The van der Waals surface area contributed by atoms with Crippen molar-refractivity contribution in [3.8, 4) is 28.4 Å². The fourth-order valence-electron chi connectivity index (χ4n) is 3.96. The van der Waals surface area contributed by atoms with Crippen molar-refractivity contribution in [3.63, 3.8) is 0 Å². The van der Waals surface area contributed by atoms with Crippen LogP contribution in [0.1, 0.15) is 25.2 Å². The van der Waals surface area contributed by atoms with Gasteiger partial charge >= 0.3 is 0 Å². The lowest BCUT2D eigenvalue weighted by Crippen LogP contribution is -2.11. The minimum atomic E-state index is -3.13. The summed E-state index contributed by atoms with van der Waals surface area (Å²) < 4.78 is 33.0. The number of nitrogens with one attached hydrogen (secondary N) is 2. The van der Waals surface area contributed by atoms with Gasteiger partial charge < -0.3 is 14.7 Å². The van der Waals surface area contributed by atoms with Crippen molar-refractivity contribution >= 4 is 33.5 Å². The predicted molar refractivity (Wildman–Crippen MR) is 129 cm³/mol. The Bertz CT molecular complexity index is 1660. The largest absolute Gasteiger partial charge is 0.496 e. The van der Waals surface area contributed by atoms with E-state index in [1.165, 1.54) is 25.6 Å². The highest BCUT2D eigenvalue weighted by atomic mass is 35.5. The van der Waals surface area contributed by atoms with Crippen LogP contribution in [-0.2, 0) is 12.3 Å². The molecule has 0 fully saturated rings. The third-order valence-electron chi connectivity index (χ3n) is 5.66. The number of aryl methyl sites for hydroxylation is 1. The van der Waals surface area contributed by atoms with Crippen molar-refractivity contribution in [2.75, 3.05) is 7.11 Å². The van der Waals surface area contributed by atoms with Gasteiger partial charge in [0.1, 0.15) is 27.9 Å². The molecule has 0 saturated carbocycles. The smallest absolute Gasteiger partial charge is 0.287 e. The molecule has 0 radical (unpaired) electrons. The molecule has 11 heteroatoms. The predicted octanol–water partition coefficient (Wildman–Crippen LogP) is 5.26. The van der Waals surface area contributed by atoms with E-state index in [0.717, 1.165) is 6.92 Å². The number of halogens is 3. The molecule has 5 aromatic heterocycles. The minimum Gasteiger partial charge on any atom is -0.496 e. The molecule has 0 atom stereocenters. The van der Waals surface area contributed by atoms with E-state index in [9.17, 15) is 13.6 Å². The monoisotopic (exact) mass is 496 g/mol. The lowest BCUT2D eigenvalue weighted by atomic mass is 10.0. The molecule has 5 heterocycles. The molecule has 0 amide bonds. The van der Waals surface area contributed by atoms with Crippen LogP contribution in [0.15, 0.2) is 41.5 Å². The number of hydrogen-bond donors (Lipinski definition) is 2. The van der Waals surface area contributed by atoms with Crippen LogP contribution < -0.4 is 10.3 Å². The van der Waals surface area contributed by atoms with Gasteiger partial charge in [-0.3, -0.25) is 14.8 Å². The first-order valence-electron chi connectivity index (χ1n) is 10.7. The van der Waals surface area contributed by atoms with Gasteiger partial charge in [-0.1, -0.05) is 18.5 Å². The summed E-state index contributed by atoms with van der Waals surface area (Å²) >= 11 is 6.12. The summed E-state index contributed by atoms with van der Waals surface area (Å²) in [4.78, 5) is 36.2. The van der Waals surface area contributed by atoms with Crippen LogP contribution in [-0.4, -0.2) is 37.0 Å². The Morgan fingerprint density at radius 1 is 1.09 bits per heavy atom. The summed E-state index contributed by atoms with van der Waals surface area (Å²) in [5.74, 6) is -2.61. The Hall–Kier alpha value is -3.92. The number of imidazole rings is 1. The molecule has 0 aliphatic heterocycles. The number of H-pyrrole nitrogens is 2. The summed E-state index contributed by atoms with van der Waals surface area (Å²) in [6.07, 6.45) is 3.42. The van der Waals surface area contributed by atoms with E-state index >= 15 is 0 Å². The molecule has 0 aliphatic carbocycles. The number of aromatic amines is 2. The molecule has 0 bridgehead atoms. The third-order valence-corrected chi connectivity index (χ3v) is 5.86. The van der Waals surface area contributed by atoms with Crippen LogP contribution in [0, 0.1) is 0 Å². The molecule has 2 N–H and O–H groups in total. The number of rotatable bonds is 5. The van der Waals surface area contributed by atoms with E-state index in [1.54, 1.807) is 18.2 Å². The van der Waals surface area contributed by atoms with Crippen LogP contribution in [0.25, 0.3) is 44.6 Å². The summed E-state index contributed by atoms with van der Waals surface area (Å²) in [7, 11) is 1.38. The van der Waals surface area contributed by atoms with E-state index in [1.807, 2.05) is 6.92 Å².